The number of carbonyl (C=O) groups is 2. The zero-order chi connectivity index (χ0) is 12.0. The third kappa shape index (κ3) is 1.77. The SMILES string of the molecule is COC(=O)c1ccc(C(=O)C2CC3CC3C2)o1. The molecule has 1 heterocycles. The highest BCUT2D eigenvalue weighted by Crippen LogP contribution is 2.54. The number of ether oxygens (including phenoxy) is 1. The third-order valence-electron chi connectivity index (χ3n) is 3.85. The zero-order valence-corrected chi connectivity index (χ0v) is 9.64. The smallest absolute Gasteiger partial charge is 0.373 e. The Kier molecular flexibility index (Phi) is 2.31. The van der Waals surface area contributed by atoms with Gasteiger partial charge in [-0.1, -0.05) is 0 Å². The Bertz CT molecular complexity index is 464. The van der Waals surface area contributed by atoms with Gasteiger partial charge in [0.1, 0.15) is 0 Å². The monoisotopic (exact) mass is 234 g/mol. The first-order valence-electron chi connectivity index (χ1n) is 5.91. The predicted octanol–water partition coefficient (Wildman–Crippen LogP) is 2.29. The van der Waals surface area contributed by atoms with Crippen molar-refractivity contribution in [1.29, 1.82) is 0 Å². The fraction of sp³-hybridized carbons (Fsp3) is 0.538. The van der Waals surface area contributed by atoms with Gasteiger partial charge in [0.2, 0.25) is 11.5 Å². The van der Waals surface area contributed by atoms with E-state index in [-0.39, 0.29) is 23.2 Å². The highest BCUT2D eigenvalue weighted by molar-refractivity contribution is 5.97. The van der Waals surface area contributed by atoms with Crippen molar-refractivity contribution < 1.29 is 18.7 Å². The third-order valence-corrected chi connectivity index (χ3v) is 3.85. The summed E-state index contributed by atoms with van der Waals surface area (Å²) in [6, 6.07) is 3.06. The summed E-state index contributed by atoms with van der Waals surface area (Å²) in [6.07, 6.45) is 3.25. The van der Waals surface area contributed by atoms with Gasteiger partial charge in [-0.25, -0.2) is 4.79 Å². The van der Waals surface area contributed by atoms with E-state index in [0.717, 1.165) is 24.7 Å². The number of esters is 1. The first kappa shape index (κ1) is 10.6. The second-order valence-electron chi connectivity index (χ2n) is 4.94. The molecule has 4 nitrogen and oxygen atoms in total. The van der Waals surface area contributed by atoms with Crippen LogP contribution in [0.15, 0.2) is 16.5 Å². The molecule has 2 aliphatic carbocycles. The summed E-state index contributed by atoms with van der Waals surface area (Å²) in [5.41, 5.74) is 0. The minimum atomic E-state index is -0.543. The lowest BCUT2D eigenvalue weighted by Gasteiger charge is -2.07. The van der Waals surface area contributed by atoms with Crippen molar-refractivity contribution in [2.45, 2.75) is 19.3 Å². The summed E-state index contributed by atoms with van der Waals surface area (Å²) < 4.78 is 9.77. The topological polar surface area (TPSA) is 56.5 Å². The van der Waals surface area contributed by atoms with Gasteiger partial charge >= 0.3 is 5.97 Å². The summed E-state index contributed by atoms with van der Waals surface area (Å²) in [7, 11) is 1.29. The predicted molar refractivity (Wildman–Crippen MR) is 58.7 cm³/mol. The molecule has 17 heavy (non-hydrogen) atoms. The van der Waals surface area contributed by atoms with E-state index >= 15 is 0 Å². The Balaban J connectivity index is 1.73. The minimum absolute atomic E-state index is 0.0346. The molecule has 4 heteroatoms. The number of methoxy groups -OCH3 is 1. The van der Waals surface area contributed by atoms with Gasteiger partial charge in [0.05, 0.1) is 7.11 Å². The van der Waals surface area contributed by atoms with E-state index in [9.17, 15) is 9.59 Å². The molecule has 2 unspecified atom stereocenters. The second kappa shape index (κ2) is 3.72. The Morgan fingerprint density at radius 1 is 1.18 bits per heavy atom. The van der Waals surface area contributed by atoms with E-state index in [0.29, 0.717) is 0 Å². The molecular weight excluding hydrogens is 220 g/mol. The first-order valence-corrected chi connectivity index (χ1v) is 5.91. The van der Waals surface area contributed by atoms with Gasteiger partial charge in [-0.3, -0.25) is 4.79 Å². The Morgan fingerprint density at radius 2 is 1.82 bits per heavy atom. The molecule has 0 amide bonds. The summed E-state index contributed by atoms with van der Waals surface area (Å²) in [5, 5.41) is 0. The van der Waals surface area contributed by atoms with Crippen molar-refractivity contribution in [2.24, 2.45) is 17.8 Å². The Hall–Kier alpha value is -1.58. The summed E-state index contributed by atoms with van der Waals surface area (Å²) in [5.74, 6) is 1.50. The summed E-state index contributed by atoms with van der Waals surface area (Å²) in [6.45, 7) is 0. The lowest BCUT2D eigenvalue weighted by Crippen LogP contribution is -2.12. The fourth-order valence-electron chi connectivity index (χ4n) is 2.81. The van der Waals surface area contributed by atoms with Crippen LogP contribution < -0.4 is 0 Å². The van der Waals surface area contributed by atoms with Crippen molar-refractivity contribution in [3.05, 3.63) is 23.7 Å². The van der Waals surface area contributed by atoms with Crippen LogP contribution >= 0.6 is 0 Å². The molecule has 0 spiro atoms. The standard InChI is InChI=1S/C13H14O4/c1-16-13(15)11-3-2-10(17-11)12(14)9-5-7-4-8(7)6-9/h2-3,7-9H,4-6H2,1H3. The molecule has 0 aliphatic heterocycles. The van der Waals surface area contributed by atoms with Crippen LogP contribution in [-0.4, -0.2) is 18.9 Å². The van der Waals surface area contributed by atoms with Crippen molar-refractivity contribution in [2.75, 3.05) is 7.11 Å². The average molecular weight is 234 g/mol. The van der Waals surface area contributed by atoms with Crippen LogP contribution in [0.1, 0.15) is 40.4 Å². The van der Waals surface area contributed by atoms with Gasteiger partial charge in [0.25, 0.3) is 0 Å². The molecule has 3 rings (SSSR count). The van der Waals surface area contributed by atoms with E-state index < -0.39 is 5.97 Å². The lowest BCUT2D eigenvalue weighted by molar-refractivity contribution is 0.0562. The van der Waals surface area contributed by atoms with E-state index in [1.54, 1.807) is 6.07 Å². The maximum atomic E-state index is 12.1. The minimum Gasteiger partial charge on any atom is -0.463 e. The van der Waals surface area contributed by atoms with Gasteiger partial charge < -0.3 is 9.15 Å². The number of rotatable bonds is 3. The van der Waals surface area contributed by atoms with Crippen LogP contribution in [0, 0.1) is 17.8 Å². The fourth-order valence-corrected chi connectivity index (χ4v) is 2.81. The van der Waals surface area contributed by atoms with Crippen LogP contribution in [0.4, 0.5) is 0 Å². The second-order valence-corrected chi connectivity index (χ2v) is 4.94. The molecule has 0 N–H and O–H groups in total. The van der Waals surface area contributed by atoms with Crippen LogP contribution in [-0.2, 0) is 4.74 Å². The molecule has 0 aromatic carbocycles. The molecule has 2 atom stereocenters. The van der Waals surface area contributed by atoms with Crippen molar-refractivity contribution in [3.63, 3.8) is 0 Å². The van der Waals surface area contributed by atoms with Crippen LogP contribution in [0.5, 0.6) is 0 Å². The lowest BCUT2D eigenvalue weighted by atomic mass is 9.97. The quantitative estimate of drug-likeness (QED) is 0.594. The van der Waals surface area contributed by atoms with Crippen molar-refractivity contribution in [3.8, 4) is 0 Å². The molecule has 90 valence electrons. The molecule has 2 aliphatic rings. The van der Waals surface area contributed by atoms with E-state index in [1.807, 2.05) is 0 Å². The molecule has 0 radical (unpaired) electrons. The average Bonchev–Trinajstić information content (AvgIpc) is 2.82. The molecule has 0 bridgehead atoms. The van der Waals surface area contributed by atoms with Crippen LogP contribution in [0.25, 0.3) is 0 Å². The van der Waals surface area contributed by atoms with E-state index in [1.165, 1.54) is 19.6 Å². The molecule has 2 fully saturated rings. The molecule has 0 saturated heterocycles. The van der Waals surface area contributed by atoms with Gasteiger partial charge in [0, 0.05) is 5.92 Å². The summed E-state index contributed by atoms with van der Waals surface area (Å²) in [4.78, 5) is 23.3. The number of ketones is 1. The van der Waals surface area contributed by atoms with Gasteiger partial charge in [-0.05, 0) is 43.2 Å². The molecular formula is C13H14O4. The van der Waals surface area contributed by atoms with Crippen molar-refractivity contribution in [1.82, 2.24) is 0 Å². The number of furan rings is 1. The van der Waals surface area contributed by atoms with Gasteiger partial charge in [-0.2, -0.15) is 0 Å². The Labute approximate surface area is 98.9 Å². The van der Waals surface area contributed by atoms with Gasteiger partial charge in [-0.15, -0.1) is 0 Å². The largest absolute Gasteiger partial charge is 0.463 e. The number of hydrogen-bond acceptors (Lipinski definition) is 4. The first-order chi connectivity index (χ1) is 8.19. The number of fused-ring (bicyclic) bond motifs is 1. The van der Waals surface area contributed by atoms with Crippen molar-refractivity contribution >= 4 is 11.8 Å². The van der Waals surface area contributed by atoms with Crippen LogP contribution in [0.2, 0.25) is 0 Å². The van der Waals surface area contributed by atoms with E-state index in [4.69, 9.17) is 4.42 Å². The van der Waals surface area contributed by atoms with Crippen LogP contribution in [0.3, 0.4) is 0 Å². The van der Waals surface area contributed by atoms with E-state index in [2.05, 4.69) is 4.74 Å². The highest BCUT2D eigenvalue weighted by Gasteiger charge is 2.48. The number of carbonyl (C=O) groups excluding carboxylic acids is 2. The Morgan fingerprint density at radius 3 is 2.47 bits per heavy atom. The van der Waals surface area contributed by atoms with Gasteiger partial charge in [0.15, 0.2) is 5.76 Å². The molecule has 2 saturated carbocycles. The molecule has 1 aromatic rings. The maximum Gasteiger partial charge on any atom is 0.373 e. The highest BCUT2D eigenvalue weighted by atomic mass is 16.5. The number of hydrogen-bond donors (Lipinski definition) is 0. The number of Topliss-reactive ketones (excluding diaryl/α,β-unsaturated/α-hetero) is 1. The maximum absolute atomic E-state index is 12.1. The summed E-state index contributed by atoms with van der Waals surface area (Å²) >= 11 is 0. The zero-order valence-electron chi connectivity index (χ0n) is 9.64. The molecule has 1 aromatic heterocycles. The normalized spacial score (nSPS) is 29.8.